The summed E-state index contributed by atoms with van der Waals surface area (Å²) in [5.41, 5.74) is 3.56. The van der Waals surface area contributed by atoms with Crippen LogP contribution in [0.1, 0.15) is 43.7 Å². The monoisotopic (exact) mass is 379 g/mol. The van der Waals surface area contributed by atoms with Crippen molar-refractivity contribution >= 4 is 11.9 Å². The summed E-state index contributed by atoms with van der Waals surface area (Å²) in [6.45, 7) is 7.26. The average molecular weight is 379 g/mol. The molecular formula is C22H25N3O3. The van der Waals surface area contributed by atoms with Gasteiger partial charge < -0.3 is 14.6 Å². The van der Waals surface area contributed by atoms with Crippen molar-refractivity contribution < 1.29 is 14.0 Å². The summed E-state index contributed by atoms with van der Waals surface area (Å²) in [5, 5.41) is 2.98. The average Bonchev–Trinajstić information content (AvgIpc) is 3.27. The third-order valence-corrected chi connectivity index (χ3v) is 5.47. The Morgan fingerprint density at radius 2 is 1.86 bits per heavy atom. The third kappa shape index (κ3) is 3.09. The van der Waals surface area contributed by atoms with Crippen molar-refractivity contribution in [2.75, 3.05) is 13.6 Å². The fraction of sp³-hybridized carbons (Fsp3) is 0.364. The molecule has 0 saturated heterocycles. The number of furan rings is 1. The molecular weight excluding hydrogens is 354 g/mol. The Morgan fingerprint density at radius 3 is 2.46 bits per heavy atom. The molecule has 2 aromatic rings. The highest BCUT2D eigenvalue weighted by Gasteiger charge is 2.43. The van der Waals surface area contributed by atoms with Crippen LogP contribution in [0.2, 0.25) is 0 Å². The van der Waals surface area contributed by atoms with Crippen molar-refractivity contribution in [2.45, 2.75) is 38.8 Å². The summed E-state index contributed by atoms with van der Waals surface area (Å²) in [4.78, 5) is 28.9. The number of hydrogen-bond donors (Lipinski definition) is 1. The van der Waals surface area contributed by atoms with Crippen LogP contribution in [0.25, 0.3) is 0 Å². The van der Waals surface area contributed by atoms with Crippen LogP contribution in [0.5, 0.6) is 0 Å². The molecule has 28 heavy (non-hydrogen) atoms. The Hall–Kier alpha value is -3.02. The molecule has 0 aliphatic carbocycles. The van der Waals surface area contributed by atoms with Crippen LogP contribution in [0.4, 0.5) is 4.79 Å². The Bertz CT molecular complexity index is 936. The van der Waals surface area contributed by atoms with Crippen molar-refractivity contribution in [1.29, 1.82) is 0 Å². The van der Waals surface area contributed by atoms with Crippen LogP contribution in [-0.2, 0) is 16.8 Å². The number of carbonyl (C=O) groups excluding carboxylic acids is 2. The molecule has 1 atom stereocenters. The molecule has 3 amide bonds. The van der Waals surface area contributed by atoms with Gasteiger partial charge in [0.2, 0.25) is 0 Å². The maximum atomic E-state index is 13.2. The van der Waals surface area contributed by atoms with Gasteiger partial charge in [-0.05, 0) is 28.7 Å². The smallest absolute Gasteiger partial charge is 0.322 e. The third-order valence-electron chi connectivity index (χ3n) is 5.47. The van der Waals surface area contributed by atoms with E-state index in [1.807, 2.05) is 18.2 Å². The second-order valence-corrected chi connectivity index (χ2v) is 8.41. The standard InChI is InChI=1S/C22H25N3O3/c1-22(2,3)15-9-7-14(8-10-15)19-18-17(24(4)21(27)23-19)13-25(20(18)26)12-16-6-5-11-28-16/h5-11,19H,12-13H2,1-4H3,(H,23,27)/t19-/m1/s1. The van der Waals surface area contributed by atoms with Gasteiger partial charge in [-0.15, -0.1) is 0 Å². The van der Waals surface area contributed by atoms with E-state index in [0.29, 0.717) is 18.7 Å². The quantitative estimate of drug-likeness (QED) is 0.887. The molecule has 3 heterocycles. The maximum absolute atomic E-state index is 13.2. The number of hydrogen-bond acceptors (Lipinski definition) is 3. The first-order chi connectivity index (χ1) is 13.3. The normalized spacial score (nSPS) is 19.9. The number of nitrogens with one attached hydrogen (secondary N) is 1. The Balaban J connectivity index is 1.66. The first kappa shape index (κ1) is 18.3. The van der Waals surface area contributed by atoms with Gasteiger partial charge in [0, 0.05) is 7.05 Å². The van der Waals surface area contributed by atoms with E-state index in [1.165, 1.54) is 10.5 Å². The Morgan fingerprint density at radius 1 is 1.14 bits per heavy atom. The summed E-state index contributed by atoms with van der Waals surface area (Å²) in [6, 6.07) is 11.2. The molecule has 0 fully saturated rings. The molecule has 1 N–H and O–H groups in total. The van der Waals surface area contributed by atoms with Gasteiger partial charge in [0.05, 0.1) is 36.7 Å². The first-order valence-electron chi connectivity index (χ1n) is 9.45. The molecule has 0 radical (unpaired) electrons. The van der Waals surface area contributed by atoms with Crippen molar-refractivity contribution in [1.82, 2.24) is 15.1 Å². The minimum Gasteiger partial charge on any atom is -0.467 e. The van der Waals surface area contributed by atoms with E-state index in [4.69, 9.17) is 4.42 Å². The van der Waals surface area contributed by atoms with Gasteiger partial charge in [0.1, 0.15) is 5.76 Å². The van der Waals surface area contributed by atoms with Crippen LogP contribution in [-0.4, -0.2) is 35.3 Å². The number of benzene rings is 1. The maximum Gasteiger partial charge on any atom is 0.322 e. The van der Waals surface area contributed by atoms with Crippen LogP contribution in [0.15, 0.2) is 58.3 Å². The van der Waals surface area contributed by atoms with Gasteiger partial charge in [-0.25, -0.2) is 4.79 Å². The summed E-state index contributed by atoms with van der Waals surface area (Å²) in [6.07, 6.45) is 1.60. The fourth-order valence-electron chi connectivity index (χ4n) is 3.77. The molecule has 6 heteroatoms. The molecule has 0 bridgehead atoms. The van der Waals surface area contributed by atoms with Crippen molar-refractivity contribution in [3.63, 3.8) is 0 Å². The summed E-state index contributed by atoms with van der Waals surface area (Å²) >= 11 is 0. The van der Waals surface area contributed by atoms with Gasteiger partial charge in [0.15, 0.2) is 0 Å². The van der Waals surface area contributed by atoms with E-state index in [9.17, 15) is 9.59 Å². The van der Waals surface area contributed by atoms with Crippen LogP contribution in [0, 0.1) is 0 Å². The highest BCUT2D eigenvalue weighted by molar-refractivity contribution is 6.01. The number of rotatable bonds is 3. The number of likely N-dealkylation sites (N-methyl/N-ethyl adjacent to an activating group) is 1. The van der Waals surface area contributed by atoms with Gasteiger partial charge in [-0.3, -0.25) is 9.69 Å². The van der Waals surface area contributed by atoms with Crippen LogP contribution in [0.3, 0.4) is 0 Å². The van der Waals surface area contributed by atoms with E-state index < -0.39 is 6.04 Å². The predicted octanol–water partition coefficient (Wildman–Crippen LogP) is 3.57. The van der Waals surface area contributed by atoms with Crippen molar-refractivity contribution in [3.8, 4) is 0 Å². The Labute approximate surface area is 164 Å². The van der Waals surface area contributed by atoms with Gasteiger partial charge in [-0.1, -0.05) is 45.0 Å². The zero-order chi connectivity index (χ0) is 20.1. The van der Waals surface area contributed by atoms with E-state index >= 15 is 0 Å². The zero-order valence-corrected chi connectivity index (χ0v) is 16.7. The van der Waals surface area contributed by atoms with E-state index in [-0.39, 0.29) is 17.4 Å². The van der Waals surface area contributed by atoms with E-state index in [2.05, 4.69) is 38.2 Å². The summed E-state index contributed by atoms with van der Waals surface area (Å²) < 4.78 is 5.39. The van der Waals surface area contributed by atoms with Gasteiger partial charge in [-0.2, -0.15) is 0 Å². The van der Waals surface area contributed by atoms with Crippen molar-refractivity contribution in [2.24, 2.45) is 0 Å². The topological polar surface area (TPSA) is 65.8 Å². The highest BCUT2D eigenvalue weighted by atomic mass is 16.3. The fourth-order valence-corrected chi connectivity index (χ4v) is 3.77. The van der Waals surface area contributed by atoms with Gasteiger partial charge in [0.25, 0.3) is 5.91 Å². The molecule has 0 saturated carbocycles. The minimum atomic E-state index is -0.443. The molecule has 6 nitrogen and oxygen atoms in total. The lowest BCUT2D eigenvalue weighted by Gasteiger charge is -2.31. The molecule has 1 aromatic heterocycles. The first-order valence-corrected chi connectivity index (χ1v) is 9.45. The molecule has 0 unspecified atom stereocenters. The van der Waals surface area contributed by atoms with Crippen LogP contribution >= 0.6 is 0 Å². The number of urea groups is 1. The van der Waals surface area contributed by atoms with Gasteiger partial charge >= 0.3 is 6.03 Å². The molecule has 146 valence electrons. The molecule has 0 spiro atoms. The lowest BCUT2D eigenvalue weighted by atomic mass is 9.85. The highest BCUT2D eigenvalue weighted by Crippen LogP contribution is 2.36. The number of amides is 3. The lowest BCUT2D eigenvalue weighted by Crippen LogP contribution is -2.45. The number of carbonyl (C=O) groups is 2. The minimum absolute atomic E-state index is 0.0437. The predicted molar refractivity (Wildman–Crippen MR) is 105 cm³/mol. The molecule has 4 rings (SSSR count). The molecule has 1 aromatic carbocycles. The molecule has 2 aliphatic rings. The second kappa shape index (κ2) is 6.55. The van der Waals surface area contributed by atoms with Crippen LogP contribution < -0.4 is 5.32 Å². The SMILES string of the molecule is CN1C(=O)N[C@H](c2ccc(C(C)(C)C)cc2)C2=C1CN(Cc1ccco1)C2=O. The second-order valence-electron chi connectivity index (χ2n) is 8.41. The summed E-state index contributed by atoms with van der Waals surface area (Å²) in [7, 11) is 1.70. The van der Waals surface area contributed by atoms with E-state index in [1.54, 1.807) is 24.3 Å². The number of nitrogens with zero attached hydrogens (tertiary/aromatic N) is 2. The summed E-state index contributed by atoms with van der Waals surface area (Å²) in [5.74, 6) is 0.657. The largest absolute Gasteiger partial charge is 0.467 e. The molecule has 2 aliphatic heterocycles. The Kier molecular flexibility index (Phi) is 4.29. The zero-order valence-electron chi connectivity index (χ0n) is 16.7. The van der Waals surface area contributed by atoms with E-state index in [0.717, 1.165) is 17.0 Å². The lowest BCUT2D eigenvalue weighted by molar-refractivity contribution is -0.126. The van der Waals surface area contributed by atoms with Crippen molar-refractivity contribution in [3.05, 3.63) is 70.8 Å².